The van der Waals surface area contributed by atoms with E-state index in [0.717, 1.165) is 0 Å². The van der Waals surface area contributed by atoms with Crippen molar-refractivity contribution >= 4 is 27.3 Å². The zero-order valence-electron chi connectivity index (χ0n) is 14.2. The Morgan fingerprint density at radius 3 is 2.31 bits per heavy atom. The maximum atomic E-state index is 12.7. The largest absolute Gasteiger partial charge is 0.360 e. The van der Waals surface area contributed by atoms with Gasteiger partial charge in [-0.2, -0.15) is 0 Å². The van der Waals surface area contributed by atoms with Gasteiger partial charge >= 0.3 is 0 Å². The molecule has 0 aliphatic carbocycles. The van der Waals surface area contributed by atoms with Crippen LogP contribution in [0.25, 0.3) is 0 Å². The summed E-state index contributed by atoms with van der Waals surface area (Å²) >= 11 is 0. The van der Waals surface area contributed by atoms with Crippen LogP contribution in [0.5, 0.6) is 0 Å². The van der Waals surface area contributed by atoms with Crippen molar-refractivity contribution in [3.05, 3.63) is 71.6 Å². The molecule has 2 N–H and O–H groups in total. The van der Waals surface area contributed by atoms with E-state index in [1.165, 1.54) is 13.0 Å². The smallest absolute Gasteiger partial charge is 0.267 e. The summed E-state index contributed by atoms with van der Waals surface area (Å²) in [6.45, 7) is 3.06. The highest BCUT2D eigenvalue weighted by molar-refractivity contribution is 7.92. The number of hydrogen-bond acceptors (Lipinski definition) is 5. The van der Waals surface area contributed by atoms with Crippen molar-refractivity contribution in [2.24, 2.45) is 0 Å². The number of carbonyl (C=O) groups is 1. The number of benzene rings is 2. The lowest BCUT2D eigenvalue weighted by Crippen LogP contribution is -2.19. The molecule has 3 rings (SSSR count). The number of rotatable bonds is 5. The van der Waals surface area contributed by atoms with Crippen LogP contribution < -0.4 is 10.0 Å². The predicted molar refractivity (Wildman–Crippen MR) is 97.6 cm³/mol. The summed E-state index contributed by atoms with van der Waals surface area (Å²) in [7, 11) is -3.95. The van der Waals surface area contributed by atoms with Crippen LogP contribution in [0.2, 0.25) is 0 Å². The lowest BCUT2D eigenvalue weighted by molar-refractivity contribution is 0.102. The number of nitrogens with zero attached hydrogens (tertiary/aromatic N) is 1. The first kappa shape index (κ1) is 17.7. The van der Waals surface area contributed by atoms with Crippen molar-refractivity contribution in [3.63, 3.8) is 0 Å². The molecule has 134 valence electrons. The first-order valence-electron chi connectivity index (χ1n) is 7.79. The lowest BCUT2D eigenvalue weighted by Gasteiger charge is -2.12. The minimum Gasteiger partial charge on any atom is -0.360 e. The number of anilines is 2. The van der Waals surface area contributed by atoms with Gasteiger partial charge in [0.25, 0.3) is 15.9 Å². The van der Waals surface area contributed by atoms with Crippen LogP contribution in [0.15, 0.2) is 64.0 Å². The standard InChI is InChI=1S/C18H17N3O4S/c1-12-17(13(2)25-20-12)26(23,24)21-16-11-7-6-10-15(16)18(22)19-14-8-4-3-5-9-14/h3-11,21H,1-2H3,(H,19,22). The van der Waals surface area contributed by atoms with Crippen molar-refractivity contribution < 1.29 is 17.7 Å². The molecule has 0 radical (unpaired) electrons. The highest BCUT2D eigenvalue weighted by Crippen LogP contribution is 2.25. The van der Waals surface area contributed by atoms with Crippen molar-refractivity contribution in [2.45, 2.75) is 18.7 Å². The Bertz CT molecular complexity index is 1020. The first-order chi connectivity index (χ1) is 12.4. The van der Waals surface area contributed by atoms with Gasteiger partial charge in [-0.25, -0.2) is 8.42 Å². The summed E-state index contributed by atoms with van der Waals surface area (Å²) in [6, 6.07) is 15.3. The van der Waals surface area contributed by atoms with Crippen molar-refractivity contribution in [3.8, 4) is 0 Å². The van der Waals surface area contributed by atoms with Crippen LogP contribution in [0.3, 0.4) is 0 Å². The molecule has 0 aliphatic heterocycles. The molecular formula is C18H17N3O4S. The fourth-order valence-corrected chi connectivity index (χ4v) is 3.96. The molecule has 0 saturated carbocycles. The molecule has 2 aromatic carbocycles. The van der Waals surface area contributed by atoms with E-state index >= 15 is 0 Å². The Labute approximate surface area is 151 Å². The third kappa shape index (κ3) is 3.60. The highest BCUT2D eigenvalue weighted by atomic mass is 32.2. The minimum absolute atomic E-state index is 0.0317. The van der Waals surface area contributed by atoms with Gasteiger partial charge in [0.05, 0.1) is 11.3 Å². The van der Waals surface area contributed by atoms with Gasteiger partial charge in [-0.05, 0) is 38.1 Å². The van der Waals surface area contributed by atoms with E-state index in [0.29, 0.717) is 5.69 Å². The van der Waals surface area contributed by atoms with Crippen LogP contribution in [0.1, 0.15) is 21.8 Å². The maximum absolute atomic E-state index is 12.7. The first-order valence-corrected chi connectivity index (χ1v) is 9.28. The Morgan fingerprint density at radius 2 is 1.65 bits per heavy atom. The molecule has 0 aliphatic rings. The zero-order valence-corrected chi connectivity index (χ0v) is 15.0. The van der Waals surface area contributed by atoms with Crippen LogP contribution in [0.4, 0.5) is 11.4 Å². The molecule has 3 aromatic rings. The molecule has 1 heterocycles. The third-order valence-electron chi connectivity index (χ3n) is 3.68. The summed E-state index contributed by atoms with van der Waals surface area (Å²) in [5, 5.41) is 6.40. The number of aryl methyl sites for hydroxylation is 2. The zero-order chi connectivity index (χ0) is 18.7. The number of amides is 1. The van der Waals surface area contributed by atoms with E-state index in [-0.39, 0.29) is 27.6 Å². The van der Waals surface area contributed by atoms with Gasteiger partial charge in [0.1, 0.15) is 5.69 Å². The van der Waals surface area contributed by atoms with E-state index in [1.54, 1.807) is 49.4 Å². The Balaban J connectivity index is 1.91. The molecule has 0 unspecified atom stereocenters. The number of nitrogens with one attached hydrogen (secondary N) is 2. The summed E-state index contributed by atoms with van der Waals surface area (Å²) in [4.78, 5) is 12.5. The average Bonchev–Trinajstić information content (AvgIpc) is 2.95. The Hall–Kier alpha value is -3.13. The molecule has 0 atom stereocenters. The molecule has 0 bridgehead atoms. The van der Waals surface area contributed by atoms with E-state index in [4.69, 9.17) is 4.52 Å². The minimum atomic E-state index is -3.95. The molecular weight excluding hydrogens is 354 g/mol. The van der Waals surface area contributed by atoms with Gasteiger partial charge in [0.2, 0.25) is 0 Å². The average molecular weight is 371 g/mol. The Kier molecular flexibility index (Phi) is 4.77. The van der Waals surface area contributed by atoms with Gasteiger partial charge in [-0.3, -0.25) is 9.52 Å². The molecule has 0 fully saturated rings. The molecule has 7 nitrogen and oxygen atoms in total. The summed E-state index contributed by atoms with van der Waals surface area (Å²) < 4.78 is 32.8. The van der Waals surface area contributed by atoms with Crippen molar-refractivity contribution in [1.82, 2.24) is 5.16 Å². The van der Waals surface area contributed by atoms with E-state index in [1.807, 2.05) is 6.07 Å². The lowest BCUT2D eigenvalue weighted by atomic mass is 10.1. The molecule has 1 amide bonds. The van der Waals surface area contributed by atoms with E-state index in [9.17, 15) is 13.2 Å². The van der Waals surface area contributed by atoms with Crippen LogP contribution in [-0.4, -0.2) is 19.5 Å². The third-order valence-corrected chi connectivity index (χ3v) is 5.29. The number of carbonyl (C=O) groups excluding carboxylic acids is 1. The van der Waals surface area contributed by atoms with Gasteiger partial charge in [0, 0.05) is 5.69 Å². The molecule has 0 spiro atoms. The number of aromatic nitrogens is 1. The van der Waals surface area contributed by atoms with Crippen molar-refractivity contribution in [2.75, 3.05) is 10.0 Å². The van der Waals surface area contributed by atoms with Gasteiger partial charge in [0.15, 0.2) is 10.7 Å². The topological polar surface area (TPSA) is 101 Å². The number of para-hydroxylation sites is 2. The fraction of sp³-hybridized carbons (Fsp3) is 0.111. The SMILES string of the molecule is Cc1noc(C)c1S(=O)(=O)Nc1ccccc1C(=O)Nc1ccccc1. The van der Waals surface area contributed by atoms with Gasteiger partial charge < -0.3 is 9.84 Å². The monoisotopic (exact) mass is 371 g/mol. The predicted octanol–water partition coefficient (Wildman–Crippen LogP) is 3.34. The Morgan fingerprint density at radius 1 is 1.00 bits per heavy atom. The van der Waals surface area contributed by atoms with Crippen LogP contribution in [-0.2, 0) is 10.0 Å². The van der Waals surface area contributed by atoms with Crippen LogP contribution >= 0.6 is 0 Å². The normalized spacial score (nSPS) is 11.2. The van der Waals surface area contributed by atoms with Crippen LogP contribution in [0, 0.1) is 13.8 Å². The number of sulfonamides is 1. The van der Waals surface area contributed by atoms with Crippen molar-refractivity contribution in [1.29, 1.82) is 0 Å². The van der Waals surface area contributed by atoms with Gasteiger partial charge in [-0.15, -0.1) is 0 Å². The second kappa shape index (κ2) is 7.01. The highest BCUT2D eigenvalue weighted by Gasteiger charge is 2.25. The maximum Gasteiger partial charge on any atom is 0.267 e. The summed E-state index contributed by atoms with van der Waals surface area (Å²) in [5.41, 5.74) is 1.23. The summed E-state index contributed by atoms with van der Waals surface area (Å²) in [5.74, 6) is -0.241. The second-order valence-corrected chi connectivity index (χ2v) is 7.24. The molecule has 0 saturated heterocycles. The molecule has 1 aromatic heterocycles. The second-order valence-electron chi connectivity index (χ2n) is 5.62. The number of hydrogen-bond donors (Lipinski definition) is 2. The quantitative estimate of drug-likeness (QED) is 0.716. The van der Waals surface area contributed by atoms with E-state index < -0.39 is 15.9 Å². The molecule has 8 heteroatoms. The summed E-state index contributed by atoms with van der Waals surface area (Å²) in [6.07, 6.45) is 0. The van der Waals surface area contributed by atoms with E-state index in [2.05, 4.69) is 15.2 Å². The van der Waals surface area contributed by atoms with Gasteiger partial charge in [-0.1, -0.05) is 35.5 Å². The molecule has 26 heavy (non-hydrogen) atoms. The fourth-order valence-electron chi connectivity index (χ4n) is 2.54.